The third-order valence-corrected chi connectivity index (χ3v) is 8.07. The summed E-state index contributed by atoms with van der Waals surface area (Å²) in [5.41, 5.74) is 0.123. The number of nitrogens with zero attached hydrogens (tertiary/aromatic N) is 3. The van der Waals surface area contributed by atoms with Crippen LogP contribution in [0.2, 0.25) is 5.82 Å². The molecule has 0 aromatic rings. The summed E-state index contributed by atoms with van der Waals surface area (Å²) in [7, 11) is 0.516. The highest BCUT2D eigenvalue weighted by atomic mass is 16.5. The Morgan fingerprint density at radius 1 is 1.18 bits per heavy atom. The predicted molar refractivity (Wildman–Crippen MR) is 136 cm³/mol. The quantitative estimate of drug-likeness (QED) is 0.600. The molecule has 0 spiro atoms. The van der Waals surface area contributed by atoms with Crippen molar-refractivity contribution in [2.75, 3.05) is 13.1 Å². The molecule has 2 unspecified atom stereocenters. The van der Waals surface area contributed by atoms with Gasteiger partial charge in [-0.2, -0.15) is 0 Å². The summed E-state index contributed by atoms with van der Waals surface area (Å²) in [6.07, 6.45) is 10.6. The van der Waals surface area contributed by atoms with Gasteiger partial charge in [-0.3, -0.25) is 4.79 Å². The molecule has 0 radical (unpaired) electrons. The molecule has 0 aliphatic carbocycles. The largest absolute Gasteiger partial charge is 0.431 e. The van der Waals surface area contributed by atoms with Gasteiger partial charge in [-0.15, -0.1) is 0 Å². The monoisotopic (exact) mass is 457 g/mol. The fourth-order valence-corrected chi connectivity index (χ4v) is 4.71. The Morgan fingerprint density at radius 3 is 2.58 bits per heavy atom. The summed E-state index contributed by atoms with van der Waals surface area (Å²) < 4.78 is 6.24. The lowest BCUT2D eigenvalue weighted by Crippen LogP contribution is -2.48. The molecule has 184 valence electrons. The van der Waals surface area contributed by atoms with Gasteiger partial charge >= 0.3 is 0 Å². The van der Waals surface area contributed by atoms with E-state index in [0.29, 0.717) is 19.1 Å². The minimum atomic E-state index is -0.940. The molecule has 1 N–H and O–H groups in total. The summed E-state index contributed by atoms with van der Waals surface area (Å²) in [5.74, 6) is 1.52. The Bertz CT molecular complexity index is 812. The summed E-state index contributed by atoms with van der Waals surface area (Å²) in [5, 5.41) is 10.5. The minimum absolute atomic E-state index is 0.0594. The summed E-state index contributed by atoms with van der Waals surface area (Å²) in [6, 6.07) is 0.257. The van der Waals surface area contributed by atoms with Gasteiger partial charge in [0.15, 0.2) is 0 Å². The zero-order chi connectivity index (χ0) is 24.4. The first-order valence-electron chi connectivity index (χ1n) is 12.9. The van der Waals surface area contributed by atoms with Crippen LogP contribution in [0, 0.1) is 5.92 Å². The van der Waals surface area contributed by atoms with Crippen molar-refractivity contribution in [2.45, 2.75) is 110 Å². The lowest BCUT2D eigenvalue weighted by atomic mass is 9.69. The first kappa shape index (κ1) is 26.0. The maximum atomic E-state index is 13.5. The van der Waals surface area contributed by atoms with E-state index in [0.717, 1.165) is 50.3 Å². The maximum Gasteiger partial charge on any atom is 0.283 e. The molecular weight excluding hydrogens is 413 g/mol. The number of amides is 1. The van der Waals surface area contributed by atoms with Crippen LogP contribution in [-0.2, 0) is 9.45 Å². The van der Waals surface area contributed by atoms with Crippen LogP contribution in [0.4, 0.5) is 0 Å². The third-order valence-electron chi connectivity index (χ3n) is 8.07. The van der Waals surface area contributed by atoms with E-state index in [1.807, 2.05) is 24.8 Å². The number of hydrogen-bond acceptors (Lipinski definition) is 5. The second kappa shape index (κ2) is 10.3. The van der Waals surface area contributed by atoms with Crippen molar-refractivity contribution in [3.05, 3.63) is 23.7 Å². The lowest BCUT2D eigenvalue weighted by molar-refractivity contribution is -0.125. The summed E-state index contributed by atoms with van der Waals surface area (Å²) in [4.78, 5) is 22.7. The van der Waals surface area contributed by atoms with Crippen molar-refractivity contribution in [2.24, 2.45) is 10.9 Å². The van der Waals surface area contributed by atoms with Crippen molar-refractivity contribution >= 4 is 19.1 Å². The fraction of sp³-hybridized carbons (Fsp3) is 0.769. The Balaban J connectivity index is 1.88. The molecule has 6 nitrogen and oxygen atoms in total. The van der Waals surface area contributed by atoms with Crippen LogP contribution in [-0.4, -0.2) is 64.3 Å². The van der Waals surface area contributed by atoms with Crippen LogP contribution in [0.1, 0.15) is 87.0 Å². The van der Waals surface area contributed by atoms with Gasteiger partial charge in [-0.05, 0) is 84.2 Å². The standard InChI is InChI=1S/C26H44BN3O3/c1-8-20-16-22(24(31)29-14-11-9-10-12-19(29)3)28-23-17-21(18(2)13-15-30(20)23)27-33-26(6,7)25(4,5)32/h16-19,21,27,32H,8-15H2,1-7H3/t18?,19-,21?/m1/s1. The van der Waals surface area contributed by atoms with Gasteiger partial charge in [-0.25, -0.2) is 4.99 Å². The molecule has 3 heterocycles. The minimum Gasteiger partial charge on any atom is -0.431 e. The number of aliphatic imine (C=N–C) groups is 1. The SMILES string of the molecule is CCC1=CC(C(=O)N2CCCCC[C@H]2C)=NC2=CC(BOC(C)(C)C(C)(C)O)C(C)CCN12. The van der Waals surface area contributed by atoms with Crippen LogP contribution >= 0.6 is 0 Å². The van der Waals surface area contributed by atoms with E-state index in [1.54, 1.807) is 13.8 Å². The molecule has 1 fully saturated rings. The zero-order valence-electron chi connectivity index (χ0n) is 21.9. The van der Waals surface area contributed by atoms with E-state index in [1.165, 1.54) is 12.8 Å². The molecule has 1 saturated heterocycles. The molecule has 3 aliphatic heterocycles. The smallest absolute Gasteiger partial charge is 0.283 e. The summed E-state index contributed by atoms with van der Waals surface area (Å²) >= 11 is 0. The van der Waals surface area contributed by atoms with Crippen LogP contribution in [0.15, 0.2) is 28.7 Å². The molecule has 3 aliphatic rings. The molecule has 33 heavy (non-hydrogen) atoms. The molecule has 0 bridgehead atoms. The third kappa shape index (κ3) is 5.91. The molecule has 3 rings (SSSR count). The molecule has 0 aromatic carbocycles. The number of rotatable bonds is 6. The number of carbonyl (C=O) groups excluding carboxylic acids is 1. The van der Waals surface area contributed by atoms with E-state index < -0.39 is 11.2 Å². The molecule has 3 atom stereocenters. The zero-order valence-corrected chi connectivity index (χ0v) is 21.9. The molecular formula is C26H44BN3O3. The van der Waals surface area contributed by atoms with Gasteiger partial charge in [-0.1, -0.05) is 26.7 Å². The predicted octanol–water partition coefficient (Wildman–Crippen LogP) is 4.42. The second-order valence-electron chi connectivity index (χ2n) is 11.2. The highest BCUT2D eigenvalue weighted by molar-refractivity contribution is 6.43. The van der Waals surface area contributed by atoms with Crippen molar-refractivity contribution in [1.29, 1.82) is 0 Å². The average molecular weight is 457 g/mol. The van der Waals surface area contributed by atoms with Crippen LogP contribution in [0.3, 0.4) is 0 Å². The van der Waals surface area contributed by atoms with Gasteiger partial charge in [0.25, 0.3) is 13.4 Å². The second-order valence-corrected chi connectivity index (χ2v) is 11.2. The van der Waals surface area contributed by atoms with Crippen LogP contribution in [0.25, 0.3) is 0 Å². The number of likely N-dealkylation sites (tertiary alicyclic amines) is 1. The van der Waals surface area contributed by atoms with Crippen molar-refractivity contribution in [1.82, 2.24) is 9.80 Å². The molecule has 0 saturated carbocycles. The number of fused-ring (bicyclic) bond motifs is 1. The van der Waals surface area contributed by atoms with Crippen molar-refractivity contribution in [3.63, 3.8) is 0 Å². The van der Waals surface area contributed by atoms with Crippen LogP contribution in [0.5, 0.6) is 0 Å². The maximum absolute atomic E-state index is 13.5. The average Bonchev–Trinajstić information content (AvgIpc) is 3.06. The number of allylic oxidation sites excluding steroid dienone is 2. The van der Waals surface area contributed by atoms with Gasteiger partial charge in [0, 0.05) is 24.8 Å². The number of aliphatic hydroxyl groups is 1. The van der Waals surface area contributed by atoms with Crippen molar-refractivity contribution < 1.29 is 14.6 Å². The highest BCUT2D eigenvalue weighted by Crippen LogP contribution is 2.36. The van der Waals surface area contributed by atoms with E-state index >= 15 is 0 Å². The van der Waals surface area contributed by atoms with E-state index in [4.69, 9.17) is 9.65 Å². The fourth-order valence-electron chi connectivity index (χ4n) is 4.71. The first-order valence-corrected chi connectivity index (χ1v) is 12.9. The molecule has 0 aromatic heterocycles. The van der Waals surface area contributed by atoms with Gasteiger partial charge in [0.1, 0.15) is 11.5 Å². The van der Waals surface area contributed by atoms with Crippen LogP contribution < -0.4 is 0 Å². The van der Waals surface area contributed by atoms with E-state index in [-0.39, 0.29) is 17.8 Å². The Morgan fingerprint density at radius 2 is 1.91 bits per heavy atom. The molecule has 7 heteroatoms. The lowest BCUT2D eigenvalue weighted by Gasteiger charge is -2.38. The molecule has 1 amide bonds. The number of hydrogen-bond donors (Lipinski definition) is 1. The Labute approximate surface area is 201 Å². The highest BCUT2D eigenvalue weighted by Gasteiger charge is 2.38. The van der Waals surface area contributed by atoms with Gasteiger partial charge < -0.3 is 19.6 Å². The van der Waals surface area contributed by atoms with Gasteiger partial charge in [0.05, 0.1) is 11.2 Å². The summed E-state index contributed by atoms with van der Waals surface area (Å²) in [6.45, 7) is 15.7. The van der Waals surface area contributed by atoms with Gasteiger partial charge in [0.2, 0.25) is 0 Å². The Kier molecular flexibility index (Phi) is 8.16. The normalized spacial score (nSPS) is 27.0. The van der Waals surface area contributed by atoms with Crippen molar-refractivity contribution in [3.8, 4) is 0 Å². The first-order chi connectivity index (χ1) is 15.4. The Hall–Kier alpha value is -1.60. The number of carbonyl (C=O) groups is 1. The van der Waals surface area contributed by atoms with E-state index in [9.17, 15) is 9.90 Å². The van der Waals surface area contributed by atoms with E-state index in [2.05, 4.69) is 31.7 Å². The topological polar surface area (TPSA) is 65.4 Å².